The molecule has 16 heavy (non-hydrogen) atoms. The smallest absolute Gasteiger partial charge is 0.257 e. The molecule has 0 aliphatic carbocycles. The molecular weight excluding hydrogens is 248 g/mol. The average molecular weight is 260 g/mol. The van der Waals surface area contributed by atoms with E-state index < -0.39 is 15.9 Å². The van der Waals surface area contributed by atoms with E-state index in [-0.39, 0.29) is 5.75 Å². The Morgan fingerprint density at radius 1 is 1.62 bits per heavy atom. The van der Waals surface area contributed by atoms with Gasteiger partial charge in [-0.15, -0.1) is 11.3 Å². The highest BCUT2D eigenvalue weighted by Crippen LogP contribution is 2.13. The normalized spacial score (nSPS) is 11.9. The molecule has 5 nitrogen and oxygen atoms in total. The summed E-state index contributed by atoms with van der Waals surface area (Å²) in [6.07, 6.45) is 2.74. The third-order valence-corrected chi connectivity index (χ3v) is 3.97. The lowest BCUT2D eigenvalue weighted by molar-refractivity contribution is -0.114. The van der Waals surface area contributed by atoms with Crippen LogP contribution >= 0.6 is 11.3 Å². The van der Waals surface area contributed by atoms with Crippen molar-refractivity contribution in [2.45, 2.75) is 13.8 Å². The van der Waals surface area contributed by atoms with Crippen molar-refractivity contribution >= 4 is 33.3 Å². The Morgan fingerprint density at radius 2 is 2.31 bits per heavy atom. The van der Waals surface area contributed by atoms with Crippen LogP contribution in [0.15, 0.2) is 11.6 Å². The first-order valence-electron chi connectivity index (χ1n) is 4.57. The summed E-state index contributed by atoms with van der Waals surface area (Å²) in [5.41, 5.74) is 2.47. The number of rotatable bonds is 4. The molecule has 7 heteroatoms. The highest BCUT2D eigenvalue weighted by atomic mass is 32.2. The Labute approximate surface area is 98.3 Å². The molecule has 0 unspecified atom stereocenters. The third kappa shape index (κ3) is 3.74. The van der Waals surface area contributed by atoms with Crippen molar-refractivity contribution in [3.8, 4) is 0 Å². The zero-order valence-corrected chi connectivity index (χ0v) is 10.6. The summed E-state index contributed by atoms with van der Waals surface area (Å²) in [6, 6.07) is 0. The van der Waals surface area contributed by atoms with Crippen LogP contribution in [0, 0.1) is 6.92 Å². The highest BCUT2D eigenvalue weighted by molar-refractivity contribution is 7.90. The van der Waals surface area contributed by atoms with E-state index in [2.05, 4.69) is 4.98 Å². The van der Waals surface area contributed by atoms with Gasteiger partial charge in [0, 0.05) is 11.0 Å². The monoisotopic (exact) mass is 260 g/mol. The molecule has 0 saturated heterocycles. The number of nitrogens with one attached hydrogen (secondary N) is 1. The van der Waals surface area contributed by atoms with Crippen molar-refractivity contribution in [1.29, 1.82) is 0 Å². The number of sulfonamides is 1. The predicted octanol–water partition coefficient (Wildman–Crippen LogP) is 0.931. The molecule has 1 N–H and O–H groups in total. The number of nitrogens with zero attached hydrogens (tertiary/aromatic N) is 1. The molecule has 1 amide bonds. The van der Waals surface area contributed by atoms with E-state index >= 15 is 0 Å². The topological polar surface area (TPSA) is 76.1 Å². The molecule has 0 aliphatic heterocycles. The van der Waals surface area contributed by atoms with Gasteiger partial charge in [0.25, 0.3) is 5.91 Å². The fourth-order valence-corrected chi connectivity index (χ4v) is 2.09. The first-order valence-corrected chi connectivity index (χ1v) is 7.10. The number of aromatic nitrogens is 1. The number of carbonyl (C=O) groups is 1. The van der Waals surface area contributed by atoms with Crippen LogP contribution in [0.1, 0.15) is 17.5 Å². The van der Waals surface area contributed by atoms with Crippen LogP contribution < -0.4 is 4.72 Å². The molecule has 0 fully saturated rings. The van der Waals surface area contributed by atoms with Gasteiger partial charge in [-0.05, 0) is 19.9 Å². The largest absolute Gasteiger partial charge is 0.269 e. The molecule has 1 aromatic heterocycles. The Kier molecular flexibility index (Phi) is 4.19. The second kappa shape index (κ2) is 5.22. The molecule has 1 rings (SSSR count). The maximum absolute atomic E-state index is 11.2. The van der Waals surface area contributed by atoms with Gasteiger partial charge in [-0.3, -0.25) is 4.79 Å². The molecule has 0 radical (unpaired) electrons. The number of hydrogen-bond donors (Lipinski definition) is 1. The molecule has 0 spiro atoms. The molecule has 0 aromatic carbocycles. The zero-order valence-electron chi connectivity index (χ0n) is 8.93. The van der Waals surface area contributed by atoms with Crippen molar-refractivity contribution < 1.29 is 13.2 Å². The maximum atomic E-state index is 11.2. The third-order valence-electron chi connectivity index (χ3n) is 1.80. The SMILES string of the molecule is CCS(=O)(=O)NC(=O)/C=C/c1scnc1C. The lowest BCUT2D eigenvalue weighted by Crippen LogP contribution is -2.30. The fourth-order valence-electron chi connectivity index (χ4n) is 0.882. The summed E-state index contributed by atoms with van der Waals surface area (Å²) >= 11 is 1.39. The molecule has 0 bridgehead atoms. The lowest BCUT2D eigenvalue weighted by Gasteiger charge is -1.99. The first-order chi connectivity index (χ1) is 7.44. The quantitative estimate of drug-likeness (QED) is 0.817. The van der Waals surface area contributed by atoms with E-state index in [1.807, 2.05) is 11.6 Å². The van der Waals surface area contributed by atoms with Crippen molar-refractivity contribution in [2.75, 3.05) is 5.75 Å². The Morgan fingerprint density at radius 3 is 2.81 bits per heavy atom. The number of hydrogen-bond acceptors (Lipinski definition) is 5. The highest BCUT2D eigenvalue weighted by Gasteiger charge is 2.09. The van der Waals surface area contributed by atoms with Crippen LogP contribution in [-0.4, -0.2) is 25.1 Å². The maximum Gasteiger partial charge on any atom is 0.257 e. The van der Waals surface area contributed by atoms with Gasteiger partial charge < -0.3 is 0 Å². The van der Waals surface area contributed by atoms with E-state index in [4.69, 9.17) is 0 Å². The lowest BCUT2D eigenvalue weighted by atomic mass is 10.3. The summed E-state index contributed by atoms with van der Waals surface area (Å²) < 4.78 is 24.0. The Bertz CT molecular complexity index is 503. The number of thiazole rings is 1. The predicted molar refractivity (Wildman–Crippen MR) is 63.5 cm³/mol. The van der Waals surface area contributed by atoms with Crippen LogP contribution in [0.4, 0.5) is 0 Å². The minimum atomic E-state index is -3.48. The minimum Gasteiger partial charge on any atom is -0.269 e. The molecule has 88 valence electrons. The van der Waals surface area contributed by atoms with Crippen LogP contribution in [0.25, 0.3) is 6.08 Å². The number of carbonyl (C=O) groups excluding carboxylic acids is 1. The van der Waals surface area contributed by atoms with Crippen LogP contribution in [0.3, 0.4) is 0 Å². The summed E-state index contributed by atoms with van der Waals surface area (Å²) in [4.78, 5) is 16.1. The zero-order chi connectivity index (χ0) is 12.2. The standard InChI is InChI=1S/C9H12N2O3S2/c1-3-16(13,14)11-9(12)5-4-8-7(2)10-6-15-8/h4-6H,3H2,1-2H3,(H,11,12)/b5-4+. The minimum absolute atomic E-state index is 0.119. The van der Waals surface area contributed by atoms with Gasteiger partial charge in [-0.25, -0.2) is 18.1 Å². The molecule has 0 aliphatic rings. The van der Waals surface area contributed by atoms with E-state index in [9.17, 15) is 13.2 Å². The van der Waals surface area contributed by atoms with E-state index in [0.29, 0.717) is 0 Å². The fraction of sp³-hybridized carbons (Fsp3) is 0.333. The van der Waals surface area contributed by atoms with Gasteiger partial charge in [0.1, 0.15) is 0 Å². The van der Waals surface area contributed by atoms with Crippen LogP contribution in [0.5, 0.6) is 0 Å². The van der Waals surface area contributed by atoms with Gasteiger partial charge in [-0.2, -0.15) is 0 Å². The molecular formula is C9H12N2O3S2. The Hall–Kier alpha value is -1.21. The summed E-state index contributed by atoms with van der Waals surface area (Å²) in [5, 5.41) is 0. The summed E-state index contributed by atoms with van der Waals surface area (Å²) in [5.74, 6) is -0.763. The van der Waals surface area contributed by atoms with Crippen LogP contribution in [0.2, 0.25) is 0 Å². The van der Waals surface area contributed by atoms with E-state index in [1.165, 1.54) is 24.3 Å². The van der Waals surface area contributed by atoms with E-state index in [0.717, 1.165) is 10.6 Å². The number of aryl methyl sites for hydroxylation is 1. The first kappa shape index (κ1) is 12.9. The second-order valence-electron chi connectivity index (χ2n) is 3.01. The number of amides is 1. The van der Waals surface area contributed by atoms with Crippen molar-refractivity contribution in [3.63, 3.8) is 0 Å². The van der Waals surface area contributed by atoms with Gasteiger partial charge in [-0.1, -0.05) is 0 Å². The van der Waals surface area contributed by atoms with Gasteiger partial charge in [0.15, 0.2) is 0 Å². The summed E-state index contributed by atoms with van der Waals surface area (Å²) in [7, 11) is -3.48. The van der Waals surface area contributed by atoms with Gasteiger partial charge >= 0.3 is 0 Å². The molecule has 0 atom stereocenters. The van der Waals surface area contributed by atoms with E-state index in [1.54, 1.807) is 11.6 Å². The van der Waals surface area contributed by atoms with Crippen molar-refractivity contribution in [1.82, 2.24) is 9.71 Å². The van der Waals surface area contributed by atoms with Crippen LogP contribution in [-0.2, 0) is 14.8 Å². The molecule has 0 saturated carbocycles. The van der Waals surface area contributed by atoms with Crippen molar-refractivity contribution in [2.24, 2.45) is 0 Å². The molecule has 1 heterocycles. The van der Waals surface area contributed by atoms with Gasteiger partial charge in [0.05, 0.1) is 17.0 Å². The van der Waals surface area contributed by atoms with Gasteiger partial charge in [0.2, 0.25) is 10.0 Å². The van der Waals surface area contributed by atoms with Crippen molar-refractivity contribution in [3.05, 3.63) is 22.2 Å². The second-order valence-corrected chi connectivity index (χ2v) is 5.90. The summed E-state index contributed by atoms with van der Waals surface area (Å²) in [6.45, 7) is 3.28. The molecule has 1 aromatic rings. The average Bonchev–Trinajstić information content (AvgIpc) is 2.60. The Balaban J connectivity index is 2.66.